The molecule has 0 spiro atoms. The molecular formula is C23H27N5. The van der Waals surface area contributed by atoms with Crippen molar-refractivity contribution in [3.63, 3.8) is 0 Å². The van der Waals surface area contributed by atoms with E-state index in [4.69, 9.17) is 9.97 Å². The highest BCUT2D eigenvalue weighted by atomic mass is 15.2. The number of pyridine rings is 1. The predicted molar refractivity (Wildman–Crippen MR) is 114 cm³/mol. The van der Waals surface area contributed by atoms with E-state index in [-0.39, 0.29) is 0 Å². The molecule has 5 nitrogen and oxygen atoms in total. The maximum absolute atomic E-state index is 4.75. The summed E-state index contributed by atoms with van der Waals surface area (Å²) in [7, 11) is 0. The molecule has 28 heavy (non-hydrogen) atoms. The van der Waals surface area contributed by atoms with E-state index in [2.05, 4.69) is 46.8 Å². The minimum absolute atomic E-state index is 0.456. The van der Waals surface area contributed by atoms with Crippen LogP contribution in [0.3, 0.4) is 0 Å². The molecule has 1 aliphatic carbocycles. The van der Waals surface area contributed by atoms with E-state index < -0.39 is 0 Å². The summed E-state index contributed by atoms with van der Waals surface area (Å²) in [6.45, 7) is 2.86. The Labute approximate surface area is 166 Å². The van der Waals surface area contributed by atoms with Crippen molar-refractivity contribution < 1.29 is 0 Å². The molecule has 2 N–H and O–H groups in total. The van der Waals surface area contributed by atoms with Crippen molar-refractivity contribution in [1.29, 1.82) is 0 Å². The Balaban J connectivity index is 1.58. The number of aromatic nitrogens is 3. The van der Waals surface area contributed by atoms with E-state index in [9.17, 15) is 0 Å². The Morgan fingerprint density at radius 3 is 2.54 bits per heavy atom. The summed E-state index contributed by atoms with van der Waals surface area (Å²) in [5, 5.41) is 7.02. The Bertz CT molecular complexity index is 904. The fourth-order valence-corrected chi connectivity index (χ4v) is 3.67. The van der Waals surface area contributed by atoms with Crippen LogP contribution in [0.1, 0.15) is 43.2 Å². The third-order valence-electron chi connectivity index (χ3n) is 5.31. The van der Waals surface area contributed by atoms with Gasteiger partial charge in [0.25, 0.3) is 0 Å². The number of benzene rings is 1. The van der Waals surface area contributed by atoms with Gasteiger partial charge in [0.05, 0.1) is 11.4 Å². The van der Waals surface area contributed by atoms with Crippen LogP contribution in [0.15, 0.2) is 54.7 Å². The second kappa shape index (κ2) is 8.83. The van der Waals surface area contributed by atoms with Crippen molar-refractivity contribution in [3.05, 3.63) is 65.9 Å². The summed E-state index contributed by atoms with van der Waals surface area (Å²) in [6.07, 6.45) is 8.04. The first-order valence-corrected chi connectivity index (χ1v) is 10.1. The number of nitrogens with one attached hydrogen (secondary N) is 2. The summed E-state index contributed by atoms with van der Waals surface area (Å²) in [5.74, 6) is 1.50. The molecule has 2 heterocycles. The zero-order valence-corrected chi connectivity index (χ0v) is 16.4. The largest absolute Gasteiger partial charge is 0.366 e. The molecule has 1 aliphatic rings. The number of anilines is 2. The third-order valence-corrected chi connectivity index (χ3v) is 5.31. The second-order valence-corrected chi connectivity index (χ2v) is 7.44. The molecule has 144 valence electrons. The molecule has 4 rings (SSSR count). The Kier molecular flexibility index (Phi) is 5.80. The van der Waals surface area contributed by atoms with Crippen molar-refractivity contribution in [2.75, 3.05) is 10.6 Å². The fourth-order valence-electron chi connectivity index (χ4n) is 3.67. The first-order chi connectivity index (χ1) is 13.8. The van der Waals surface area contributed by atoms with Gasteiger partial charge >= 0.3 is 0 Å². The second-order valence-electron chi connectivity index (χ2n) is 7.44. The number of rotatable bonds is 6. The highest BCUT2D eigenvalue weighted by Gasteiger charge is 2.16. The first kappa shape index (κ1) is 18.4. The topological polar surface area (TPSA) is 62.7 Å². The molecule has 0 saturated heterocycles. The van der Waals surface area contributed by atoms with Crippen molar-refractivity contribution in [3.8, 4) is 11.4 Å². The minimum atomic E-state index is 0.456. The molecule has 2 aromatic heterocycles. The summed E-state index contributed by atoms with van der Waals surface area (Å²) < 4.78 is 0. The van der Waals surface area contributed by atoms with Gasteiger partial charge < -0.3 is 10.6 Å². The monoisotopic (exact) mass is 373 g/mol. The molecule has 0 radical (unpaired) electrons. The number of nitrogens with zero attached hydrogens (tertiary/aromatic N) is 3. The van der Waals surface area contributed by atoms with Gasteiger partial charge in [-0.25, -0.2) is 4.98 Å². The lowest BCUT2D eigenvalue weighted by atomic mass is 9.96. The van der Waals surface area contributed by atoms with Gasteiger partial charge in [0.2, 0.25) is 5.95 Å². The van der Waals surface area contributed by atoms with Crippen LogP contribution in [0, 0.1) is 6.92 Å². The zero-order valence-electron chi connectivity index (χ0n) is 16.4. The van der Waals surface area contributed by atoms with Gasteiger partial charge in [0.15, 0.2) is 0 Å². The summed E-state index contributed by atoms with van der Waals surface area (Å²) in [4.78, 5) is 13.9. The van der Waals surface area contributed by atoms with Crippen molar-refractivity contribution in [2.45, 2.75) is 51.6 Å². The van der Waals surface area contributed by atoms with Gasteiger partial charge in [-0.15, -0.1) is 0 Å². The Morgan fingerprint density at radius 1 is 0.929 bits per heavy atom. The van der Waals surface area contributed by atoms with Crippen LogP contribution in [0.5, 0.6) is 0 Å². The van der Waals surface area contributed by atoms with Gasteiger partial charge in [-0.1, -0.05) is 49.6 Å². The lowest BCUT2D eigenvalue weighted by Gasteiger charge is -2.23. The molecule has 1 saturated carbocycles. The van der Waals surface area contributed by atoms with Crippen LogP contribution in [-0.4, -0.2) is 21.0 Å². The number of hydrogen-bond acceptors (Lipinski definition) is 5. The standard InChI is InChI=1S/C23H27N5/c1-17-9-5-6-10-18(17)16-25-22-15-21(20-13-7-8-14-24-20)27-23(28-22)26-19-11-3-2-4-12-19/h5-10,13-15,19H,2-4,11-12,16H2,1H3,(H2,25,26,27,28). The Morgan fingerprint density at radius 2 is 1.75 bits per heavy atom. The van der Waals surface area contributed by atoms with Gasteiger partial charge in [-0.3, -0.25) is 4.98 Å². The lowest BCUT2D eigenvalue weighted by molar-refractivity contribution is 0.461. The highest BCUT2D eigenvalue weighted by Crippen LogP contribution is 2.24. The smallest absolute Gasteiger partial charge is 0.225 e. The van der Waals surface area contributed by atoms with E-state index >= 15 is 0 Å². The SMILES string of the molecule is Cc1ccccc1CNc1cc(-c2ccccn2)nc(NC2CCCCC2)n1. The lowest BCUT2D eigenvalue weighted by Crippen LogP contribution is -2.23. The number of hydrogen-bond donors (Lipinski definition) is 2. The summed E-state index contributed by atoms with van der Waals surface area (Å²) in [5.41, 5.74) is 4.23. The van der Waals surface area contributed by atoms with E-state index in [0.29, 0.717) is 12.0 Å². The number of aryl methyl sites for hydroxylation is 1. The molecule has 0 amide bonds. The highest BCUT2D eigenvalue weighted by molar-refractivity contribution is 5.61. The predicted octanol–water partition coefficient (Wildman–Crippen LogP) is 5.20. The summed E-state index contributed by atoms with van der Waals surface area (Å²) >= 11 is 0. The van der Waals surface area contributed by atoms with Gasteiger partial charge in [0, 0.05) is 24.8 Å². The molecule has 5 heteroatoms. The first-order valence-electron chi connectivity index (χ1n) is 10.1. The van der Waals surface area contributed by atoms with Crippen LogP contribution in [0.4, 0.5) is 11.8 Å². The minimum Gasteiger partial charge on any atom is -0.366 e. The average Bonchev–Trinajstić information content (AvgIpc) is 2.74. The molecular weight excluding hydrogens is 346 g/mol. The van der Waals surface area contributed by atoms with Crippen molar-refractivity contribution in [2.24, 2.45) is 0 Å². The van der Waals surface area contributed by atoms with Crippen molar-refractivity contribution >= 4 is 11.8 Å². The maximum atomic E-state index is 4.75. The third kappa shape index (κ3) is 4.66. The van der Waals surface area contributed by atoms with E-state index in [0.717, 1.165) is 23.8 Å². The maximum Gasteiger partial charge on any atom is 0.225 e. The van der Waals surface area contributed by atoms with Gasteiger partial charge in [-0.2, -0.15) is 4.98 Å². The van der Waals surface area contributed by atoms with Crippen LogP contribution in [-0.2, 0) is 6.54 Å². The fraction of sp³-hybridized carbons (Fsp3) is 0.348. The average molecular weight is 374 g/mol. The molecule has 1 fully saturated rings. The quantitative estimate of drug-likeness (QED) is 0.621. The van der Waals surface area contributed by atoms with Crippen LogP contribution >= 0.6 is 0 Å². The zero-order chi connectivity index (χ0) is 19.2. The van der Waals surface area contributed by atoms with Gasteiger partial charge in [0.1, 0.15) is 5.82 Å². The van der Waals surface area contributed by atoms with Crippen molar-refractivity contribution in [1.82, 2.24) is 15.0 Å². The molecule has 0 atom stereocenters. The van der Waals surface area contributed by atoms with Gasteiger partial charge in [-0.05, 0) is 43.0 Å². The summed E-state index contributed by atoms with van der Waals surface area (Å²) in [6, 6.07) is 16.7. The normalized spacial score (nSPS) is 14.6. The molecule has 0 bridgehead atoms. The van der Waals surface area contributed by atoms with E-state index in [1.54, 1.807) is 6.20 Å². The molecule has 3 aromatic rings. The van der Waals surface area contributed by atoms with E-state index in [1.165, 1.54) is 43.2 Å². The molecule has 0 unspecified atom stereocenters. The Hall–Kier alpha value is -2.95. The van der Waals surface area contributed by atoms with Crippen LogP contribution in [0.2, 0.25) is 0 Å². The van der Waals surface area contributed by atoms with Crippen LogP contribution in [0.25, 0.3) is 11.4 Å². The van der Waals surface area contributed by atoms with E-state index in [1.807, 2.05) is 24.3 Å². The molecule has 1 aromatic carbocycles. The molecule has 0 aliphatic heterocycles. The van der Waals surface area contributed by atoms with Crippen LogP contribution < -0.4 is 10.6 Å².